The molecule has 1 N–H and O–H groups in total. The first-order valence-corrected chi connectivity index (χ1v) is 8.25. The summed E-state index contributed by atoms with van der Waals surface area (Å²) in [6.07, 6.45) is 4.61. The van der Waals surface area contributed by atoms with Gasteiger partial charge in [-0.15, -0.1) is 0 Å². The minimum Gasteiger partial charge on any atom is -0.341 e. The summed E-state index contributed by atoms with van der Waals surface area (Å²) in [6, 6.07) is 9.83. The molecule has 3 heteroatoms. The molecular weight excluding hydrogens is 260 g/mol. The van der Waals surface area contributed by atoms with Crippen LogP contribution in [0, 0.1) is 5.92 Å². The lowest BCUT2D eigenvalue weighted by molar-refractivity contribution is -0.133. The summed E-state index contributed by atoms with van der Waals surface area (Å²) < 4.78 is 0. The molecule has 0 saturated carbocycles. The van der Waals surface area contributed by atoms with Gasteiger partial charge in [-0.05, 0) is 36.8 Å². The molecule has 0 radical (unpaired) electrons. The summed E-state index contributed by atoms with van der Waals surface area (Å²) in [4.78, 5) is 14.1. The molecule has 21 heavy (non-hydrogen) atoms. The molecule has 3 nitrogen and oxygen atoms in total. The lowest BCUT2D eigenvalue weighted by Gasteiger charge is -2.28. The van der Waals surface area contributed by atoms with Crippen LogP contribution in [0.1, 0.15) is 37.8 Å². The van der Waals surface area contributed by atoms with Crippen LogP contribution < -0.4 is 5.32 Å². The molecule has 0 spiro atoms. The zero-order valence-corrected chi connectivity index (χ0v) is 13.1. The average molecular weight is 286 g/mol. The van der Waals surface area contributed by atoms with Crippen LogP contribution >= 0.6 is 0 Å². The first-order valence-electron chi connectivity index (χ1n) is 8.25. The average Bonchev–Trinajstić information content (AvgIpc) is 2.94. The van der Waals surface area contributed by atoms with E-state index >= 15 is 0 Å². The van der Waals surface area contributed by atoms with E-state index in [1.165, 1.54) is 24.0 Å². The molecule has 2 unspecified atom stereocenters. The molecule has 2 atom stereocenters. The van der Waals surface area contributed by atoms with E-state index in [1.807, 2.05) is 18.7 Å². The molecule has 1 aromatic rings. The molecule has 1 amide bonds. The van der Waals surface area contributed by atoms with Crippen LogP contribution in [0.15, 0.2) is 24.3 Å². The second kappa shape index (κ2) is 6.18. The van der Waals surface area contributed by atoms with Gasteiger partial charge in [-0.3, -0.25) is 4.79 Å². The molecule has 1 heterocycles. The predicted octanol–water partition coefficient (Wildman–Crippen LogP) is 2.39. The Kier molecular flexibility index (Phi) is 4.29. The van der Waals surface area contributed by atoms with Gasteiger partial charge < -0.3 is 10.2 Å². The van der Waals surface area contributed by atoms with Crippen molar-refractivity contribution in [2.24, 2.45) is 5.92 Å². The zero-order valence-electron chi connectivity index (χ0n) is 13.1. The number of rotatable bonds is 3. The molecule has 3 rings (SSSR count). The van der Waals surface area contributed by atoms with E-state index in [0.29, 0.717) is 18.0 Å². The number of hydrogen-bond donors (Lipinski definition) is 1. The molecule has 1 aromatic carbocycles. The highest BCUT2D eigenvalue weighted by Crippen LogP contribution is 2.22. The van der Waals surface area contributed by atoms with Crippen LogP contribution in [0.2, 0.25) is 0 Å². The molecule has 1 aliphatic carbocycles. The molecule has 2 aliphatic rings. The van der Waals surface area contributed by atoms with Crippen LogP contribution in [0.5, 0.6) is 0 Å². The van der Waals surface area contributed by atoms with Gasteiger partial charge in [-0.25, -0.2) is 0 Å². The third kappa shape index (κ3) is 3.29. The van der Waals surface area contributed by atoms with Crippen LogP contribution in [0.3, 0.4) is 0 Å². The monoisotopic (exact) mass is 286 g/mol. The predicted molar refractivity (Wildman–Crippen MR) is 85.2 cm³/mol. The van der Waals surface area contributed by atoms with E-state index in [4.69, 9.17) is 0 Å². The van der Waals surface area contributed by atoms with E-state index in [2.05, 4.69) is 29.6 Å². The second-order valence-corrected chi connectivity index (χ2v) is 6.80. The number of hydrogen-bond acceptors (Lipinski definition) is 2. The second-order valence-electron chi connectivity index (χ2n) is 6.80. The maximum absolute atomic E-state index is 12.0. The quantitative estimate of drug-likeness (QED) is 0.925. The normalized spacial score (nSPS) is 25.2. The van der Waals surface area contributed by atoms with Crippen molar-refractivity contribution in [1.82, 2.24) is 10.2 Å². The molecule has 0 bridgehead atoms. The third-order valence-electron chi connectivity index (χ3n) is 4.81. The number of nitrogens with zero attached hydrogens (tertiary/aromatic N) is 1. The van der Waals surface area contributed by atoms with Crippen molar-refractivity contribution in [3.05, 3.63) is 35.4 Å². The Hall–Kier alpha value is -1.35. The number of nitrogens with one attached hydrogen (secondary N) is 1. The van der Waals surface area contributed by atoms with Crippen molar-refractivity contribution in [3.8, 4) is 0 Å². The van der Waals surface area contributed by atoms with Gasteiger partial charge in [0.2, 0.25) is 5.91 Å². The maximum atomic E-state index is 12.0. The number of carbonyl (C=O) groups excluding carboxylic acids is 1. The third-order valence-corrected chi connectivity index (χ3v) is 4.81. The highest BCUT2D eigenvalue weighted by atomic mass is 16.2. The van der Waals surface area contributed by atoms with Crippen molar-refractivity contribution in [2.45, 2.75) is 51.6 Å². The molecular formula is C18H26N2O. The Morgan fingerprint density at radius 2 is 1.95 bits per heavy atom. The van der Waals surface area contributed by atoms with Crippen LogP contribution in [-0.4, -0.2) is 36.0 Å². The largest absolute Gasteiger partial charge is 0.341 e. The fourth-order valence-corrected chi connectivity index (χ4v) is 3.63. The van der Waals surface area contributed by atoms with Crippen molar-refractivity contribution in [2.75, 3.05) is 13.1 Å². The van der Waals surface area contributed by atoms with Gasteiger partial charge in [-0.1, -0.05) is 38.1 Å². The zero-order chi connectivity index (χ0) is 14.8. The van der Waals surface area contributed by atoms with E-state index < -0.39 is 0 Å². The summed E-state index contributed by atoms with van der Waals surface area (Å²) in [7, 11) is 0. The fraction of sp³-hybridized carbons (Fsp3) is 0.611. The van der Waals surface area contributed by atoms with Crippen molar-refractivity contribution >= 4 is 5.91 Å². The molecule has 1 aliphatic heterocycles. The van der Waals surface area contributed by atoms with Crippen molar-refractivity contribution in [3.63, 3.8) is 0 Å². The number of amides is 1. The Balaban J connectivity index is 1.54. The SMILES string of the molecule is CC(C)C(=O)N1CCC(NC2CCc3ccccc3C2)C1. The van der Waals surface area contributed by atoms with Gasteiger partial charge in [0.25, 0.3) is 0 Å². The summed E-state index contributed by atoms with van der Waals surface area (Å²) in [5, 5.41) is 3.79. The van der Waals surface area contributed by atoms with Gasteiger partial charge in [0.05, 0.1) is 0 Å². The van der Waals surface area contributed by atoms with E-state index in [1.54, 1.807) is 0 Å². The molecule has 114 valence electrons. The summed E-state index contributed by atoms with van der Waals surface area (Å²) in [5.41, 5.74) is 3.01. The number of carbonyl (C=O) groups is 1. The standard InChI is InChI=1S/C18H26N2O/c1-13(2)18(21)20-10-9-17(12-20)19-16-8-7-14-5-3-4-6-15(14)11-16/h3-6,13,16-17,19H,7-12H2,1-2H3. The molecule has 1 saturated heterocycles. The van der Waals surface area contributed by atoms with Gasteiger partial charge in [-0.2, -0.15) is 0 Å². The highest BCUT2D eigenvalue weighted by Gasteiger charge is 2.29. The van der Waals surface area contributed by atoms with Gasteiger partial charge in [0.1, 0.15) is 0 Å². The smallest absolute Gasteiger partial charge is 0.225 e. The Bertz CT molecular complexity index is 512. The number of aryl methyl sites for hydroxylation is 1. The molecule has 1 fully saturated rings. The minimum absolute atomic E-state index is 0.116. The number of benzene rings is 1. The number of likely N-dealkylation sites (tertiary alicyclic amines) is 1. The van der Waals surface area contributed by atoms with E-state index in [9.17, 15) is 4.79 Å². The Morgan fingerprint density at radius 1 is 1.19 bits per heavy atom. The lowest BCUT2D eigenvalue weighted by Crippen LogP contribution is -2.43. The number of fused-ring (bicyclic) bond motifs is 1. The lowest BCUT2D eigenvalue weighted by atomic mass is 9.88. The highest BCUT2D eigenvalue weighted by molar-refractivity contribution is 5.78. The first kappa shape index (κ1) is 14.6. The molecule has 0 aromatic heterocycles. The van der Waals surface area contributed by atoms with E-state index in [-0.39, 0.29) is 5.92 Å². The topological polar surface area (TPSA) is 32.3 Å². The summed E-state index contributed by atoms with van der Waals surface area (Å²) in [5.74, 6) is 0.415. The fourth-order valence-electron chi connectivity index (χ4n) is 3.63. The first-order chi connectivity index (χ1) is 10.1. The van der Waals surface area contributed by atoms with Crippen LogP contribution in [0.4, 0.5) is 0 Å². The summed E-state index contributed by atoms with van der Waals surface area (Å²) >= 11 is 0. The van der Waals surface area contributed by atoms with Gasteiger partial charge in [0, 0.05) is 31.1 Å². The van der Waals surface area contributed by atoms with Crippen LogP contribution in [0.25, 0.3) is 0 Å². The Morgan fingerprint density at radius 3 is 2.71 bits per heavy atom. The summed E-state index contributed by atoms with van der Waals surface area (Å²) in [6.45, 7) is 5.77. The van der Waals surface area contributed by atoms with Gasteiger partial charge in [0.15, 0.2) is 0 Å². The minimum atomic E-state index is 0.116. The van der Waals surface area contributed by atoms with Crippen molar-refractivity contribution < 1.29 is 4.79 Å². The maximum Gasteiger partial charge on any atom is 0.225 e. The Labute approximate surface area is 127 Å². The van der Waals surface area contributed by atoms with Crippen LogP contribution in [-0.2, 0) is 17.6 Å². The van der Waals surface area contributed by atoms with Gasteiger partial charge >= 0.3 is 0 Å². The van der Waals surface area contributed by atoms with E-state index in [0.717, 1.165) is 25.9 Å². The van der Waals surface area contributed by atoms with Crippen molar-refractivity contribution in [1.29, 1.82) is 0 Å².